The fraction of sp³-hybridized carbons (Fsp3) is 0.350. The minimum Gasteiger partial charge on any atom is -0.462 e. The van der Waals surface area contributed by atoms with Gasteiger partial charge >= 0.3 is 5.97 Å². The molecule has 1 saturated heterocycles. The summed E-state index contributed by atoms with van der Waals surface area (Å²) in [6.45, 7) is 6.97. The van der Waals surface area contributed by atoms with E-state index in [2.05, 4.69) is 19.8 Å². The second-order valence-electron chi connectivity index (χ2n) is 6.72. The maximum atomic E-state index is 13.2. The number of halogens is 2. The number of piperazine rings is 1. The van der Waals surface area contributed by atoms with Crippen molar-refractivity contribution in [1.29, 1.82) is 0 Å². The first kappa shape index (κ1) is 19.8. The number of ether oxygens (including phenoxy) is 1. The summed E-state index contributed by atoms with van der Waals surface area (Å²) >= 11 is 7.46. The van der Waals surface area contributed by atoms with Gasteiger partial charge < -0.3 is 14.5 Å². The highest BCUT2D eigenvalue weighted by Crippen LogP contribution is 2.37. The van der Waals surface area contributed by atoms with Crippen LogP contribution in [0.25, 0.3) is 10.2 Å². The van der Waals surface area contributed by atoms with Gasteiger partial charge in [0.25, 0.3) is 0 Å². The number of nitrogens with zero attached hydrogens (tertiary/aromatic N) is 4. The number of fused-ring (bicyclic) bond motifs is 1. The minimum atomic E-state index is -0.351. The monoisotopic (exact) mass is 434 g/mol. The van der Waals surface area contributed by atoms with E-state index < -0.39 is 0 Å². The van der Waals surface area contributed by atoms with Crippen LogP contribution in [0.4, 0.5) is 15.9 Å². The number of carbonyl (C=O) groups excluding carboxylic acids is 1. The molecule has 0 saturated carbocycles. The summed E-state index contributed by atoms with van der Waals surface area (Å²) in [6.07, 6.45) is 0. The highest BCUT2D eigenvalue weighted by molar-refractivity contribution is 7.20. The quantitative estimate of drug-likeness (QED) is 0.451. The molecule has 0 spiro atoms. The number of hydrogen-bond donors (Lipinski definition) is 0. The lowest BCUT2D eigenvalue weighted by molar-refractivity contribution is 0.0531. The summed E-state index contributed by atoms with van der Waals surface area (Å²) in [5.41, 5.74) is 1.81. The standard InChI is InChI=1S/C20H20ClFN4O2S/c1-3-28-19(27)16-12(2)15-17(23-20(21)24-18(15)29-16)26-10-8-25(9-11-26)14-6-4-13(22)5-7-14/h4-7H,3,8-11H2,1-2H3. The van der Waals surface area contributed by atoms with E-state index in [0.717, 1.165) is 48.6 Å². The third kappa shape index (κ3) is 3.86. The number of esters is 1. The minimum absolute atomic E-state index is 0.158. The van der Waals surface area contributed by atoms with Crippen LogP contribution in [-0.4, -0.2) is 48.7 Å². The van der Waals surface area contributed by atoms with Crippen LogP contribution in [0.3, 0.4) is 0 Å². The number of thiophene rings is 1. The lowest BCUT2D eigenvalue weighted by Gasteiger charge is -2.37. The van der Waals surface area contributed by atoms with Crippen molar-refractivity contribution < 1.29 is 13.9 Å². The average Bonchev–Trinajstić information content (AvgIpc) is 3.05. The summed E-state index contributed by atoms with van der Waals surface area (Å²) < 4.78 is 18.4. The van der Waals surface area contributed by atoms with Gasteiger partial charge in [-0.25, -0.2) is 14.2 Å². The maximum absolute atomic E-state index is 13.2. The van der Waals surface area contributed by atoms with Crippen LogP contribution in [0.5, 0.6) is 0 Å². The topological polar surface area (TPSA) is 58.6 Å². The van der Waals surface area contributed by atoms with E-state index in [1.54, 1.807) is 19.1 Å². The molecule has 2 aromatic heterocycles. The van der Waals surface area contributed by atoms with Crippen molar-refractivity contribution in [2.75, 3.05) is 42.6 Å². The number of aryl methyl sites for hydroxylation is 1. The Morgan fingerprint density at radius 1 is 1.17 bits per heavy atom. The number of rotatable bonds is 4. The molecular weight excluding hydrogens is 415 g/mol. The first-order valence-corrected chi connectivity index (χ1v) is 10.6. The molecule has 0 amide bonds. The van der Waals surface area contributed by atoms with E-state index in [9.17, 15) is 9.18 Å². The Kier molecular flexibility index (Phi) is 5.56. The predicted octanol–water partition coefficient (Wildman–Crippen LogP) is 4.30. The zero-order valence-electron chi connectivity index (χ0n) is 16.1. The first-order chi connectivity index (χ1) is 14.0. The molecule has 0 bridgehead atoms. The van der Waals surface area contributed by atoms with Gasteiger partial charge in [-0.2, -0.15) is 4.98 Å². The van der Waals surface area contributed by atoms with Crippen LogP contribution in [0.2, 0.25) is 5.28 Å². The van der Waals surface area contributed by atoms with Crippen LogP contribution in [0, 0.1) is 12.7 Å². The first-order valence-electron chi connectivity index (χ1n) is 9.37. The number of benzene rings is 1. The van der Waals surface area contributed by atoms with Gasteiger partial charge in [0.15, 0.2) is 0 Å². The number of carbonyl (C=O) groups is 1. The predicted molar refractivity (Wildman–Crippen MR) is 114 cm³/mol. The van der Waals surface area contributed by atoms with Crippen molar-refractivity contribution in [3.63, 3.8) is 0 Å². The van der Waals surface area contributed by atoms with Crippen molar-refractivity contribution in [3.8, 4) is 0 Å². The van der Waals surface area contributed by atoms with Gasteiger partial charge in [-0.3, -0.25) is 0 Å². The van der Waals surface area contributed by atoms with Crippen molar-refractivity contribution in [3.05, 3.63) is 45.8 Å². The Hall–Kier alpha value is -2.45. The molecule has 4 rings (SSSR count). The zero-order chi connectivity index (χ0) is 20.5. The van der Waals surface area contributed by atoms with Crippen LogP contribution >= 0.6 is 22.9 Å². The third-order valence-electron chi connectivity index (χ3n) is 4.98. The van der Waals surface area contributed by atoms with Crippen LogP contribution in [0.15, 0.2) is 24.3 Å². The second kappa shape index (κ2) is 8.12. The Morgan fingerprint density at radius 2 is 1.83 bits per heavy atom. The Labute approximate surface area is 176 Å². The molecule has 1 aliphatic heterocycles. The molecule has 0 aliphatic carbocycles. The maximum Gasteiger partial charge on any atom is 0.348 e. The number of hydrogen-bond acceptors (Lipinski definition) is 7. The molecule has 3 aromatic rings. The molecule has 29 heavy (non-hydrogen) atoms. The molecule has 0 radical (unpaired) electrons. The fourth-order valence-electron chi connectivity index (χ4n) is 3.54. The highest BCUT2D eigenvalue weighted by atomic mass is 35.5. The van der Waals surface area contributed by atoms with Crippen LogP contribution < -0.4 is 9.80 Å². The molecule has 9 heteroatoms. The molecule has 0 N–H and O–H groups in total. The number of aromatic nitrogens is 2. The van der Waals surface area contributed by atoms with E-state index in [1.807, 2.05) is 6.92 Å². The molecule has 1 aromatic carbocycles. The Morgan fingerprint density at radius 3 is 2.48 bits per heavy atom. The molecular formula is C20H20ClFN4O2S. The van der Waals surface area contributed by atoms with E-state index >= 15 is 0 Å². The molecule has 6 nitrogen and oxygen atoms in total. The largest absolute Gasteiger partial charge is 0.462 e. The van der Waals surface area contributed by atoms with Crippen LogP contribution in [0.1, 0.15) is 22.2 Å². The smallest absolute Gasteiger partial charge is 0.348 e. The van der Waals surface area contributed by atoms with Crippen molar-refractivity contribution >= 4 is 50.6 Å². The van der Waals surface area contributed by atoms with Crippen molar-refractivity contribution in [1.82, 2.24) is 9.97 Å². The van der Waals surface area contributed by atoms with Gasteiger partial charge in [-0.05, 0) is 55.3 Å². The zero-order valence-corrected chi connectivity index (χ0v) is 17.7. The van der Waals surface area contributed by atoms with Gasteiger partial charge in [0.2, 0.25) is 5.28 Å². The summed E-state index contributed by atoms with van der Waals surface area (Å²) in [7, 11) is 0. The van der Waals surface area contributed by atoms with E-state index in [1.165, 1.54) is 23.5 Å². The third-order valence-corrected chi connectivity index (χ3v) is 6.31. The van der Waals surface area contributed by atoms with Crippen LogP contribution in [-0.2, 0) is 4.74 Å². The molecule has 152 valence electrons. The van der Waals surface area contributed by atoms with Crippen molar-refractivity contribution in [2.45, 2.75) is 13.8 Å². The molecule has 0 unspecified atom stereocenters. The summed E-state index contributed by atoms with van der Waals surface area (Å²) in [6, 6.07) is 6.53. The summed E-state index contributed by atoms with van der Waals surface area (Å²) in [5, 5.41) is 1.00. The molecule has 1 aliphatic rings. The van der Waals surface area contributed by atoms with Gasteiger partial charge in [-0.15, -0.1) is 11.3 Å². The SMILES string of the molecule is CCOC(=O)c1sc2nc(Cl)nc(N3CCN(c4ccc(F)cc4)CC3)c2c1C. The van der Waals surface area contributed by atoms with Gasteiger partial charge in [0, 0.05) is 31.9 Å². The Bertz CT molecular complexity index is 1050. The fourth-order valence-corrected chi connectivity index (χ4v) is 4.82. The van der Waals surface area contributed by atoms with Crippen molar-refractivity contribution in [2.24, 2.45) is 0 Å². The summed E-state index contributed by atoms with van der Waals surface area (Å²) in [4.78, 5) is 26.7. The Balaban J connectivity index is 1.62. The van der Waals surface area contributed by atoms with Gasteiger partial charge in [-0.1, -0.05) is 0 Å². The van der Waals surface area contributed by atoms with E-state index in [0.29, 0.717) is 16.3 Å². The average molecular weight is 435 g/mol. The normalized spacial score (nSPS) is 14.5. The lowest BCUT2D eigenvalue weighted by atomic mass is 10.1. The summed E-state index contributed by atoms with van der Waals surface area (Å²) in [5.74, 6) is 0.148. The lowest BCUT2D eigenvalue weighted by Crippen LogP contribution is -2.47. The van der Waals surface area contributed by atoms with E-state index in [4.69, 9.17) is 16.3 Å². The molecule has 0 atom stereocenters. The molecule has 3 heterocycles. The number of anilines is 2. The molecule has 1 fully saturated rings. The highest BCUT2D eigenvalue weighted by Gasteiger charge is 2.26. The van der Waals surface area contributed by atoms with E-state index in [-0.39, 0.29) is 17.1 Å². The van der Waals surface area contributed by atoms with Gasteiger partial charge in [0.1, 0.15) is 21.3 Å². The second-order valence-corrected chi connectivity index (χ2v) is 8.06. The van der Waals surface area contributed by atoms with Gasteiger partial charge in [0.05, 0.1) is 12.0 Å².